The van der Waals surface area contributed by atoms with Crippen molar-refractivity contribution in [2.24, 2.45) is 0 Å². The number of aromatic nitrogens is 3. The Balaban J connectivity index is 2.02. The molecule has 0 radical (unpaired) electrons. The molecule has 5 heteroatoms. The summed E-state index contributed by atoms with van der Waals surface area (Å²) in [6.07, 6.45) is 5.31. The number of hydrogen-bond donors (Lipinski definition) is 1. The summed E-state index contributed by atoms with van der Waals surface area (Å²) >= 11 is 0. The highest BCUT2D eigenvalue weighted by atomic mass is 16.3. The molecule has 19 heavy (non-hydrogen) atoms. The number of nitrogens with zero attached hydrogens (tertiary/aromatic N) is 4. The minimum absolute atomic E-state index is 0.247. The van der Waals surface area contributed by atoms with E-state index in [0.29, 0.717) is 12.5 Å². The fraction of sp³-hybridized carbons (Fsp3) is 0.571. The highest BCUT2D eigenvalue weighted by Crippen LogP contribution is 2.25. The van der Waals surface area contributed by atoms with Crippen LogP contribution in [0.15, 0.2) is 18.5 Å². The second-order valence-corrected chi connectivity index (χ2v) is 5.55. The van der Waals surface area contributed by atoms with Crippen LogP contribution in [0.3, 0.4) is 0 Å². The number of aliphatic hydroxyl groups excluding tert-OH is 1. The van der Waals surface area contributed by atoms with Gasteiger partial charge in [0.15, 0.2) is 5.82 Å². The van der Waals surface area contributed by atoms with Crippen LogP contribution in [0, 0.1) is 0 Å². The number of anilines is 1. The molecule has 3 heterocycles. The molecule has 1 aliphatic heterocycles. The molecule has 3 rings (SSSR count). The van der Waals surface area contributed by atoms with E-state index in [-0.39, 0.29) is 6.10 Å². The van der Waals surface area contributed by atoms with Crippen LogP contribution in [0.4, 0.5) is 5.82 Å². The molecular weight excluding hydrogens is 240 g/mol. The van der Waals surface area contributed by atoms with Crippen LogP contribution >= 0.6 is 0 Å². The van der Waals surface area contributed by atoms with Gasteiger partial charge in [-0.1, -0.05) is 13.8 Å². The average Bonchev–Trinajstić information content (AvgIpc) is 2.82. The van der Waals surface area contributed by atoms with Crippen LogP contribution in [0.1, 0.15) is 38.3 Å². The minimum Gasteiger partial charge on any atom is -0.391 e. The minimum atomic E-state index is -0.247. The molecule has 5 nitrogen and oxygen atoms in total. The smallest absolute Gasteiger partial charge is 0.154 e. The first-order valence-corrected chi connectivity index (χ1v) is 6.92. The summed E-state index contributed by atoms with van der Waals surface area (Å²) < 4.78 is 1.89. The van der Waals surface area contributed by atoms with Gasteiger partial charge in [0, 0.05) is 25.5 Å². The van der Waals surface area contributed by atoms with Gasteiger partial charge in [-0.05, 0) is 24.8 Å². The van der Waals surface area contributed by atoms with E-state index in [1.54, 1.807) is 6.20 Å². The molecule has 2 aromatic rings. The number of aliphatic hydroxyl groups is 1. The van der Waals surface area contributed by atoms with Gasteiger partial charge in [0.2, 0.25) is 0 Å². The topological polar surface area (TPSA) is 53.7 Å². The van der Waals surface area contributed by atoms with Crippen LogP contribution in [-0.4, -0.2) is 38.9 Å². The number of fused-ring (bicyclic) bond motifs is 1. The fourth-order valence-electron chi connectivity index (χ4n) is 2.60. The summed E-state index contributed by atoms with van der Waals surface area (Å²) in [5, 5.41) is 14.4. The Morgan fingerprint density at radius 2 is 2.26 bits per heavy atom. The van der Waals surface area contributed by atoms with Crippen molar-refractivity contribution in [2.45, 2.75) is 38.7 Å². The standard InChI is InChI=1S/C14H20N4O/c1-10(2)12-8-13-14(15-5-7-18(13)16-12)17-6-3-4-11(19)9-17/h5,7-8,10-11,19H,3-4,6,9H2,1-2H3. The van der Waals surface area contributed by atoms with E-state index in [9.17, 15) is 5.11 Å². The van der Waals surface area contributed by atoms with E-state index in [4.69, 9.17) is 0 Å². The first-order valence-electron chi connectivity index (χ1n) is 6.92. The molecule has 0 saturated carbocycles. The molecule has 1 N–H and O–H groups in total. The number of piperidine rings is 1. The molecule has 1 atom stereocenters. The molecule has 2 aromatic heterocycles. The molecule has 1 unspecified atom stereocenters. The quantitative estimate of drug-likeness (QED) is 0.895. The van der Waals surface area contributed by atoms with Gasteiger partial charge >= 0.3 is 0 Å². The Bertz CT molecular complexity index is 578. The maximum atomic E-state index is 9.81. The third kappa shape index (κ3) is 2.30. The van der Waals surface area contributed by atoms with Gasteiger partial charge in [-0.2, -0.15) is 5.10 Å². The summed E-state index contributed by atoms with van der Waals surface area (Å²) in [6.45, 7) is 5.89. The predicted molar refractivity (Wildman–Crippen MR) is 74.5 cm³/mol. The van der Waals surface area contributed by atoms with Crippen molar-refractivity contribution in [1.82, 2.24) is 14.6 Å². The van der Waals surface area contributed by atoms with Crippen molar-refractivity contribution in [3.05, 3.63) is 24.2 Å². The summed E-state index contributed by atoms with van der Waals surface area (Å²) in [5.74, 6) is 1.33. The molecule has 0 spiro atoms. The first kappa shape index (κ1) is 12.4. The number of hydrogen-bond acceptors (Lipinski definition) is 4. The van der Waals surface area contributed by atoms with E-state index in [2.05, 4.69) is 34.9 Å². The number of β-amino-alcohol motifs (C(OH)–C–C–N with tert-alkyl or cyclic N) is 1. The molecule has 102 valence electrons. The van der Waals surface area contributed by atoms with Crippen molar-refractivity contribution < 1.29 is 5.11 Å². The molecular formula is C14H20N4O. The maximum absolute atomic E-state index is 9.81. The molecule has 0 aromatic carbocycles. The van der Waals surface area contributed by atoms with Crippen molar-refractivity contribution in [3.63, 3.8) is 0 Å². The fourth-order valence-corrected chi connectivity index (χ4v) is 2.60. The molecule has 1 aliphatic rings. The summed E-state index contributed by atoms with van der Waals surface area (Å²) in [6, 6.07) is 2.11. The van der Waals surface area contributed by atoms with Gasteiger partial charge in [0.05, 0.1) is 11.8 Å². The summed E-state index contributed by atoms with van der Waals surface area (Å²) in [5.41, 5.74) is 2.10. The summed E-state index contributed by atoms with van der Waals surface area (Å²) in [7, 11) is 0. The van der Waals surface area contributed by atoms with Crippen LogP contribution in [0.25, 0.3) is 5.52 Å². The largest absolute Gasteiger partial charge is 0.391 e. The van der Waals surface area contributed by atoms with Gasteiger partial charge in [-0.15, -0.1) is 0 Å². The Morgan fingerprint density at radius 1 is 1.42 bits per heavy atom. The molecule has 0 amide bonds. The Labute approximate surface area is 112 Å². The van der Waals surface area contributed by atoms with Crippen LogP contribution in [0.5, 0.6) is 0 Å². The predicted octanol–water partition coefficient (Wildman–Crippen LogP) is 1.81. The Morgan fingerprint density at radius 3 is 3.00 bits per heavy atom. The first-order chi connectivity index (χ1) is 9.15. The lowest BCUT2D eigenvalue weighted by atomic mass is 10.1. The van der Waals surface area contributed by atoms with Crippen molar-refractivity contribution >= 4 is 11.3 Å². The summed E-state index contributed by atoms with van der Waals surface area (Å²) in [4.78, 5) is 6.65. The van der Waals surface area contributed by atoms with Gasteiger partial charge in [0.25, 0.3) is 0 Å². The van der Waals surface area contributed by atoms with Gasteiger partial charge in [0.1, 0.15) is 5.52 Å². The van der Waals surface area contributed by atoms with Crippen molar-refractivity contribution in [2.75, 3.05) is 18.0 Å². The van der Waals surface area contributed by atoms with Gasteiger partial charge in [-0.25, -0.2) is 9.50 Å². The third-order valence-electron chi connectivity index (χ3n) is 3.68. The van der Waals surface area contributed by atoms with E-state index in [1.807, 2.05) is 10.7 Å². The monoisotopic (exact) mass is 260 g/mol. The van der Waals surface area contributed by atoms with Gasteiger partial charge in [-0.3, -0.25) is 0 Å². The molecule has 1 fully saturated rings. The highest BCUT2D eigenvalue weighted by molar-refractivity contribution is 5.69. The maximum Gasteiger partial charge on any atom is 0.154 e. The van der Waals surface area contributed by atoms with E-state index in [1.165, 1.54) is 0 Å². The van der Waals surface area contributed by atoms with Crippen molar-refractivity contribution in [3.8, 4) is 0 Å². The molecule has 1 saturated heterocycles. The lowest BCUT2D eigenvalue weighted by molar-refractivity contribution is 0.154. The Kier molecular flexibility index (Phi) is 3.14. The van der Waals surface area contributed by atoms with Crippen LogP contribution in [0.2, 0.25) is 0 Å². The zero-order chi connectivity index (χ0) is 13.4. The van der Waals surface area contributed by atoms with Crippen LogP contribution < -0.4 is 4.90 Å². The molecule has 0 bridgehead atoms. The normalized spacial score (nSPS) is 20.4. The SMILES string of the molecule is CC(C)c1cc2c(N3CCCC(O)C3)nccn2n1. The lowest BCUT2D eigenvalue weighted by Crippen LogP contribution is -2.38. The Hall–Kier alpha value is -1.62. The van der Waals surface area contributed by atoms with Crippen molar-refractivity contribution in [1.29, 1.82) is 0 Å². The number of rotatable bonds is 2. The third-order valence-corrected chi connectivity index (χ3v) is 3.68. The second kappa shape index (κ2) is 4.81. The van der Waals surface area contributed by atoms with Crippen LogP contribution in [-0.2, 0) is 0 Å². The van der Waals surface area contributed by atoms with E-state index in [0.717, 1.165) is 36.4 Å². The lowest BCUT2D eigenvalue weighted by Gasteiger charge is -2.31. The molecule has 0 aliphatic carbocycles. The second-order valence-electron chi connectivity index (χ2n) is 5.55. The van der Waals surface area contributed by atoms with E-state index < -0.39 is 0 Å². The zero-order valence-electron chi connectivity index (χ0n) is 11.5. The van der Waals surface area contributed by atoms with Gasteiger partial charge < -0.3 is 10.0 Å². The van der Waals surface area contributed by atoms with E-state index >= 15 is 0 Å². The zero-order valence-corrected chi connectivity index (χ0v) is 11.5. The highest BCUT2D eigenvalue weighted by Gasteiger charge is 2.21. The average molecular weight is 260 g/mol.